The van der Waals surface area contributed by atoms with E-state index in [2.05, 4.69) is 20.9 Å². The van der Waals surface area contributed by atoms with Gasteiger partial charge in [-0.15, -0.1) is 0 Å². The third kappa shape index (κ3) is 2.56. The highest BCUT2D eigenvalue weighted by Crippen LogP contribution is 2.38. The smallest absolute Gasteiger partial charge is 0.339 e. The number of halogens is 1. The largest absolute Gasteiger partial charge is 0.496 e. The van der Waals surface area contributed by atoms with Crippen LogP contribution in [0.15, 0.2) is 22.8 Å². The predicted octanol–water partition coefficient (Wildman–Crippen LogP) is 3.19. The average molecular weight is 340 g/mol. The second-order valence-electron chi connectivity index (χ2n) is 3.94. The first-order valence-corrected chi connectivity index (χ1v) is 6.79. The number of methoxy groups -OCH3 is 2. The predicted molar refractivity (Wildman–Crippen MR) is 78.5 cm³/mol. The fourth-order valence-electron chi connectivity index (χ4n) is 1.85. The molecule has 6 heteroatoms. The van der Waals surface area contributed by atoms with Crippen molar-refractivity contribution >= 4 is 32.8 Å². The molecule has 1 aromatic heterocycles. The van der Waals surface area contributed by atoms with Crippen LogP contribution in [0.1, 0.15) is 17.3 Å². The summed E-state index contributed by atoms with van der Waals surface area (Å²) in [5.41, 5.74) is 1.05. The van der Waals surface area contributed by atoms with Crippen LogP contribution in [0.2, 0.25) is 0 Å². The van der Waals surface area contributed by atoms with Gasteiger partial charge in [0.2, 0.25) is 0 Å². The second kappa shape index (κ2) is 6.09. The van der Waals surface area contributed by atoms with Crippen molar-refractivity contribution in [2.45, 2.75) is 6.92 Å². The molecule has 0 aliphatic carbocycles. The first-order chi connectivity index (χ1) is 9.62. The molecule has 20 heavy (non-hydrogen) atoms. The summed E-state index contributed by atoms with van der Waals surface area (Å²) < 4.78 is 16.3. The summed E-state index contributed by atoms with van der Waals surface area (Å²) >= 11 is 3.44. The molecule has 0 amide bonds. The summed E-state index contributed by atoms with van der Waals surface area (Å²) in [7, 11) is 3.12. The second-order valence-corrected chi connectivity index (χ2v) is 4.73. The summed E-state index contributed by atoms with van der Waals surface area (Å²) in [5, 5.41) is 0.714. The lowest BCUT2D eigenvalue weighted by molar-refractivity contribution is 0.0526. The summed E-state index contributed by atoms with van der Waals surface area (Å²) in [4.78, 5) is 16.1. The van der Waals surface area contributed by atoms with Crippen molar-refractivity contribution in [3.63, 3.8) is 0 Å². The third-order valence-corrected chi connectivity index (χ3v) is 3.56. The average Bonchev–Trinajstić information content (AvgIpc) is 2.47. The Morgan fingerprint density at radius 3 is 2.55 bits per heavy atom. The maximum absolute atomic E-state index is 11.8. The first-order valence-electron chi connectivity index (χ1n) is 5.99. The van der Waals surface area contributed by atoms with E-state index in [0.717, 1.165) is 0 Å². The Balaban J connectivity index is 2.65. The molecule has 0 fully saturated rings. The molecule has 1 heterocycles. The van der Waals surface area contributed by atoms with Gasteiger partial charge >= 0.3 is 5.97 Å². The molecular formula is C14H14BrNO4. The normalized spacial score (nSPS) is 10.4. The van der Waals surface area contributed by atoms with Crippen molar-refractivity contribution in [3.05, 3.63) is 28.4 Å². The minimum Gasteiger partial charge on any atom is -0.496 e. The highest BCUT2D eigenvalue weighted by molar-refractivity contribution is 9.10. The molecule has 0 atom stereocenters. The van der Waals surface area contributed by atoms with Gasteiger partial charge < -0.3 is 14.2 Å². The van der Waals surface area contributed by atoms with E-state index < -0.39 is 5.97 Å². The van der Waals surface area contributed by atoms with E-state index >= 15 is 0 Å². The topological polar surface area (TPSA) is 57.7 Å². The molecule has 106 valence electrons. The van der Waals surface area contributed by atoms with Gasteiger partial charge in [-0.05, 0) is 28.9 Å². The van der Waals surface area contributed by atoms with Gasteiger partial charge in [0.25, 0.3) is 0 Å². The van der Waals surface area contributed by atoms with Crippen molar-refractivity contribution < 1.29 is 19.0 Å². The van der Waals surface area contributed by atoms with Crippen LogP contribution in [0, 0.1) is 0 Å². The summed E-state index contributed by atoms with van der Waals surface area (Å²) in [6, 6.07) is 3.44. The number of nitrogens with zero attached hydrogens (tertiary/aromatic N) is 1. The van der Waals surface area contributed by atoms with Crippen LogP contribution in [0.3, 0.4) is 0 Å². The zero-order chi connectivity index (χ0) is 14.7. The SMILES string of the molecule is CCOC(=O)c1cnc2c(Br)c(OC)cc(OC)c2c1. The van der Waals surface area contributed by atoms with Crippen LogP contribution in [0.25, 0.3) is 10.9 Å². The zero-order valence-corrected chi connectivity index (χ0v) is 13.0. The molecule has 2 rings (SSSR count). The van der Waals surface area contributed by atoms with Gasteiger partial charge in [0.1, 0.15) is 11.5 Å². The molecule has 5 nitrogen and oxygen atoms in total. The number of pyridine rings is 1. The van der Waals surface area contributed by atoms with E-state index in [9.17, 15) is 4.79 Å². The maximum Gasteiger partial charge on any atom is 0.339 e. The van der Waals surface area contributed by atoms with Crippen molar-refractivity contribution in [2.24, 2.45) is 0 Å². The number of fused-ring (bicyclic) bond motifs is 1. The van der Waals surface area contributed by atoms with Gasteiger partial charge in [0.05, 0.1) is 36.4 Å². The summed E-state index contributed by atoms with van der Waals surface area (Å²) in [6.07, 6.45) is 1.48. The molecule has 2 aromatic rings. The fraction of sp³-hybridized carbons (Fsp3) is 0.286. The van der Waals surface area contributed by atoms with Crippen molar-refractivity contribution in [1.29, 1.82) is 0 Å². The van der Waals surface area contributed by atoms with Crippen LogP contribution in [0.4, 0.5) is 0 Å². The van der Waals surface area contributed by atoms with E-state index in [4.69, 9.17) is 14.2 Å². The molecule has 0 saturated carbocycles. The molecule has 0 aliphatic heterocycles. The Kier molecular flexibility index (Phi) is 4.44. The first kappa shape index (κ1) is 14.6. The zero-order valence-electron chi connectivity index (χ0n) is 11.4. The minimum atomic E-state index is -0.407. The quantitative estimate of drug-likeness (QED) is 0.800. The van der Waals surface area contributed by atoms with Gasteiger partial charge in [-0.25, -0.2) is 4.79 Å². The van der Waals surface area contributed by atoms with Gasteiger partial charge in [-0.1, -0.05) is 0 Å². The molecule has 0 spiro atoms. The highest BCUT2D eigenvalue weighted by Gasteiger charge is 2.16. The number of aromatic nitrogens is 1. The highest BCUT2D eigenvalue weighted by atomic mass is 79.9. The monoisotopic (exact) mass is 339 g/mol. The molecule has 0 saturated heterocycles. The van der Waals surface area contributed by atoms with Crippen LogP contribution in [0.5, 0.6) is 11.5 Å². The Morgan fingerprint density at radius 1 is 1.25 bits per heavy atom. The van der Waals surface area contributed by atoms with Crippen molar-refractivity contribution in [1.82, 2.24) is 4.98 Å². The number of esters is 1. The lowest BCUT2D eigenvalue weighted by Gasteiger charge is -2.11. The van der Waals surface area contributed by atoms with Crippen molar-refractivity contribution in [2.75, 3.05) is 20.8 Å². The van der Waals surface area contributed by atoms with Crippen LogP contribution >= 0.6 is 15.9 Å². The van der Waals surface area contributed by atoms with E-state index in [1.807, 2.05) is 0 Å². The van der Waals surface area contributed by atoms with Gasteiger partial charge in [-0.2, -0.15) is 0 Å². The summed E-state index contributed by atoms with van der Waals surface area (Å²) in [5.74, 6) is 0.792. The van der Waals surface area contributed by atoms with Gasteiger partial charge in [-0.3, -0.25) is 4.98 Å². The van der Waals surface area contributed by atoms with Crippen LogP contribution in [-0.2, 0) is 4.74 Å². The fourth-order valence-corrected chi connectivity index (χ4v) is 2.44. The molecule has 0 N–H and O–H groups in total. The van der Waals surface area contributed by atoms with E-state index in [1.165, 1.54) is 6.20 Å². The molecule has 0 aliphatic rings. The van der Waals surface area contributed by atoms with Crippen LogP contribution < -0.4 is 9.47 Å². The van der Waals surface area contributed by atoms with Gasteiger partial charge in [0, 0.05) is 17.6 Å². The number of benzene rings is 1. The number of carbonyl (C=O) groups excluding carboxylic acids is 1. The lowest BCUT2D eigenvalue weighted by Crippen LogP contribution is -2.05. The number of rotatable bonds is 4. The summed E-state index contributed by atoms with van der Waals surface area (Å²) in [6.45, 7) is 2.08. The Hall–Kier alpha value is -1.82. The number of hydrogen-bond acceptors (Lipinski definition) is 5. The molecule has 1 aromatic carbocycles. The molecule has 0 radical (unpaired) electrons. The molecule has 0 bridgehead atoms. The van der Waals surface area contributed by atoms with E-state index in [1.54, 1.807) is 33.3 Å². The Morgan fingerprint density at radius 2 is 1.95 bits per heavy atom. The van der Waals surface area contributed by atoms with Crippen molar-refractivity contribution in [3.8, 4) is 11.5 Å². The third-order valence-electron chi connectivity index (χ3n) is 2.79. The number of ether oxygens (including phenoxy) is 3. The Bertz CT molecular complexity index is 657. The lowest BCUT2D eigenvalue weighted by atomic mass is 10.1. The maximum atomic E-state index is 11.8. The van der Waals surface area contributed by atoms with Gasteiger partial charge in [0.15, 0.2) is 0 Å². The van der Waals surface area contributed by atoms with E-state index in [-0.39, 0.29) is 0 Å². The molecular weight excluding hydrogens is 326 g/mol. The number of carbonyl (C=O) groups is 1. The van der Waals surface area contributed by atoms with Crippen LogP contribution in [-0.4, -0.2) is 31.8 Å². The van der Waals surface area contributed by atoms with E-state index in [0.29, 0.717) is 39.0 Å². The molecule has 0 unspecified atom stereocenters. The standard InChI is InChI=1S/C14H14BrNO4/c1-4-20-14(17)8-5-9-10(18-2)6-11(19-3)12(15)13(9)16-7-8/h5-7H,4H2,1-3H3. The minimum absolute atomic E-state index is 0.320. The Labute approximate surface area is 125 Å². The number of hydrogen-bond donors (Lipinski definition) is 0.